The maximum atomic E-state index is 12.0. The van der Waals surface area contributed by atoms with Gasteiger partial charge in [-0.25, -0.2) is 4.79 Å². The number of carbonyl (C=O) groups excluding carboxylic acids is 2. The summed E-state index contributed by atoms with van der Waals surface area (Å²) in [5, 5.41) is 0. The first-order valence-corrected chi connectivity index (χ1v) is 9.10. The van der Waals surface area contributed by atoms with Gasteiger partial charge in [0.15, 0.2) is 0 Å². The minimum Gasteiger partial charge on any atom is -0.465 e. The first-order chi connectivity index (χ1) is 11.3. The second-order valence-electron chi connectivity index (χ2n) is 6.82. The zero-order chi connectivity index (χ0) is 17.6. The SMILES string of the molecule is COC(=O)c1cc(Br)c2c(c1)C1CCN(C(C)=O)CC1N2C(C)C. The molecule has 2 atom stereocenters. The van der Waals surface area contributed by atoms with Crippen LogP contribution in [0.3, 0.4) is 0 Å². The van der Waals surface area contributed by atoms with Crippen molar-refractivity contribution in [2.24, 2.45) is 0 Å². The van der Waals surface area contributed by atoms with Crippen molar-refractivity contribution in [3.63, 3.8) is 0 Å². The summed E-state index contributed by atoms with van der Waals surface area (Å²) in [6.45, 7) is 7.46. The molecule has 2 heterocycles. The first-order valence-electron chi connectivity index (χ1n) is 8.30. The lowest BCUT2D eigenvalue weighted by atomic mass is 9.87. The number of ether oxygens (including phenoxy) is 1. The number of likely N-dealkylation sites (tertiary alicyclic amines) is 1. The van der Waals surface area contributed by atoms with Crippen molar-refractivity contribution in [3.8, 4) is 0 Å². The fourth-order valence-electron chi connectivity index (χ4n) is 4.08. The predicted molar refractivity (Wildman–Crippen MR) is 96.5 cm³/mol. The molecule has 0 spiro atoms. The van der Waals surface area contributed by atoms with Gasteiger partial charge in [-0.05, 0) is 53.9 Å². The molecule has 0 aliphatic carbocycles. The minimum absolute atomic E-state index is 0.127. The van der Waals surface area contributed by atoms with Crippen molar-refractivity contribution in [2.45, 2.75) is 45.2 Å². The number of piperidine rings is 1. The molecule has 0 N–H and O–H groups in total. The van der Waals surface area contributed by atoms with E-state index in [0.29, 0.717) is 17.5 Å². The number of hydrogen-bond acceptors (Lipinski definition) is 4. The van der Waals surface area contributed by atoms with Crippen molar-refractivity contribution < 1.29 is 14.3 Å². The lowest BCUT2D eigenvalue weighted by molar-refractivity contribution is -0.130. The normalized spacial score (nSPS) is 22.4. The van der Waals surface area contributed by atoms with Crippen molar-refractivity contribution in [3.05, 3.63) is 27.7 Å². The highest BCUT2D eigenvalue weighted by atomic mass is 79.9. The molecule has 5 nitrogen and oxygen atoms in total. The summed E-state index contributed by atoms with van der Waals surface area (Å²) >= 11 is 3.65. The Bertz CT molecular complexity index is 689. The number of halogens is 1. The van der Waals surface area contributed by atoms with Crippen molar-refractivity contribution in [1.82, 2.24) is 4.90 Å². The number of hydrogen-bond donors (Lipinski definition) is 0. The van der Waals surface area contributed by atoms with Gasteiger partial charge in [0.05, 0.1) is 24.4 Å². The van der Waals surface area contributed by atoms with E-state index in [1.54, 1.807) is 6.92 Å². The average molecular weight is 395 g/mol. The summed E-state index contributed by atoms with van der Waals surface area (Å²) in [6, 6.07) is 4.36. The molecule has 24 heavy (non-hydrogen) atoms. The number of nitrogens with zero attached hydrogens (tertiary/aromatic N) is 2. The van der Waals surface area contributed by atoms with Crippen LogP contribution in [0.4, 0.5) is 5.69 Å². The van der Waals surface area contributed by atoms with Gasteiger partial charge in [-0.1, -0.05) is 0 Å². The Morgan fingerprint density at radius 3 is 2.62 bits per heavy atom. The summed E-state index contributed by atoms with van der Waals surface area (Å²) in [4.78, 5) is 28.1. The van der Waals surface area contributed by atoms with Crippen LogP contribution in [-0.4, -0.2) is 49.1 Å². The Labute approximate surface area is 151 Å². The minimum atomic E-state index is -0.320. The molecule has 1 aromatic carbocycles. The molecule has 1 saturated heterocycles. The maximum absolute atomic E-state index is 12.0. The standard InChI is InChI=1S/C18H23BrN2O3/c1-10(2)21-16-9-20(11(3)22)6-5-13(16)14-7-12(18(23)24-4)8-15(19)17(14)21/h7-8,10,13,16H,5-6,9H2,1-4H3. The van der Waals surface area contributed by atoms with E-state index in [0.717, 1.165) is 29.7 Å². The molecule has 6 heteroatoms. The van der Waals surface area contributed by atoms with Gasteiger partial charge >= 0.3 is 5.97 Å². The first kappa shape index (κ1) is 17.3. The van der Waals surface area contributed by atoms with Crippen LogP contribution in [0.5, 0.6) is 0 Å². The highest BCUT2D eigenvalue weighted by Gasteiger charge is 2.44. The highest BCUT2D eigenvalue weighted by molar-refractivity contribution is 9.10. The van der Waals surface area contributed by atoms with Crippen LogP contribution in [0.15, 0.2) is 16.6 Å². The zero-order valence-corrected chi connectivity index (χ0v) is 16.1. The molecule has 2 aliphatic heterocycles. The fraction of sp³-hybridized carbons (Fsp3) is 0.556. The molecule has 1 fully saturated rings. The Balaban J connectivity index is 2.07. The molecule has 0 aromatic heterocycles. The summed E-state index contributed by atoms with van der Waals surface area (Å²) in [5.74, 6) is 0.139. The molecule has 130 valence electrons. The second-order valence-corrected chi connectivity index (χ2v) is 7.67. The van der Waals surface area contributed by atoms with Crippen LogP contribution in [0.2, 0.25) is 0 Å². The quantitative estimate of drug-likeness (QED) is 0.722. The van der Waals surface area contributed by atoms with Crippen LogP contribution in [-0.2, 0) is 9.53 Å². The van der Waals surface area contributed by atoms with E-state index >= 15 is 0 Å². The van der Waals surface area contributed by atoms with E-state index in [4.69, 9.17) is 4.74 Å². The molecule has 0 radical (unpaired) electrons. The summed E-state index contributed by atoms with van der Waals surface area (Å²) in [7, 11) is 1.40. The lowest BCUT2D eigenvalue weighted by Gasteiger charge is -2.41. The summed E-state index contributed by atoms with van der Waals surface area (Å²) in [5.41, 5.74) is 2.91. The van der Waals surface area contributed by atoms with Gasteiger partial charge in [0.25, 0.3) is 0 Å². The second kappa shape index (κ2) is 6.39. The highest BCUT2D eigenvalue weighted by Crippen LogP contribution is 2.49. The molecular weight excluding hydrogens is 372 g/mol. The van der Waals surface area contributed by atoms with Crippen LogP contribution in [0.25, 0.3) is 0 Å². The number of methoxy groups -OCH3 is 1. The molecule has 1 amide bonds. The Hall–Kier alpha value is -1.56. The van der Waals surface area contributed by atoms with Crippen LogP contribution in [0, 0.1) is 0 Å². The molecule has 3 rings (SSSR count). The van der Waals surface area contributed by atoms with Gasteiger partial charge < -0.3 is 14.5 Å². The number of benzene rings is 1. The number of anilines is 1. The summed E-state index contributed by atoms with van der Waals surface area (Å²) < 4.78 is 5.80. The van der Waals surface area contributed by atoms with E-state index in [2.05, 4.69) is 34.7 Å². The van der Waals surface area contributed by atoms with Gasteiger partial charge in [0.2, 0.25) is 5.91 Å². The number of fused-ring (bicyclic) bond motifs is 3. The van der Waals surface area contributed by atoms with Crippen molar-refractivity contribution in [1.29, 1.82) is 0 Å². The molecular formula is C18H23BrN2O3. The Kier molecular flexibility index (Phi) is 4.60. The van der Waals surface area contributed by atoms with Crippen LogP contribution < -0.4 is 4.90 Å². The Morgan fingerprint density at radius 2 is 2.04 bits per heavy atom. The van der Waals surface area contributed by atoms with E-state index in [1.807, 2.05) is 17.0 Å². The number of rotatable bonds is 2. The van der Waals surface area contributed by atoms with Gasteiger partial charge in [-0.3, -0.25) is 4.79 Å². The van der Waals surface area contributed by atoms with Gasteiger partial charge in [-0.15, -0.1) is 0 Å². The lowest BCUT2D eigenvalue weighted by Crippen LogP contribution is -2.51. The largest absolute Gasteiger partial charge is 0.465 e. The molecule has 2 aliphatic rings. The van der Waals surface area contributed by atoms with E-state index in [1.165, 1.54) is 12.7 Å². The molecule has 2 unspecified atom stereocenters. The predicted octanol–water partition coefficient (Wildman–Crippen LogP) is 3.17. The Morgan fingerprint density at radius 1 is 1.33 bits per heavy atom. The third-order valence-electron chi connectivity index (χ3n) is 5.11. The third kappa shape index (κ3) is 2.70. The topological polar surface area (TPSA) is 49.9 Å². The molecule has 1 aromatic rings. The number of amides is 1. The third-order valence-corrected chi connectivity index (χ3v) is 5.72. The van der Waals surface area contributed by atoms with Crippen molar-refractivity contribution in [2.75, 3.05) is 25.1 Å². The van der Waals surface area contributed by atoms with Gasteiger partial charge in [-0.2, -0.15) is 0 Å². The van der Waals surface area contributed by atoms with Crippen LogP contribution in [0.1, 0.15) is 49.0 Å². The van der Waals surface area contributed by atoms with E-state index in [9.17, 15) is 9.59 Å². The van der Waals surface area contributed by atoms with E-state index < -0.39 is 0 Å². The van der Waals surface area contributed by atoms with Gasteiger partial charge in [0.1, 0.15) is 0 Å². The number of esters is 1. The zero-order valence-electron chi connectivity index (χ0n) is 14.5. The molecule has 0 bridgehead atoms. The number of carbonyl (C=O) groups is 2. The molecule has 0 saturated carbocycles. The van der Waals surface area contributed by atoms with E-state index in [-0.39, 0.29) is 17.9 Å². The van der Waals surface area contributed by atoms with Crippen molar-refractivity contribution >= 4 is 33.5 Å². The monoisotopic (exact) mass is 394 g/mol. The summed E-state index contributed by atoms with van der Waals surface area (Å²) in [6.07, 6.45) is 0.914. The average Bonchev–Trinajstić information content (AvgIpc) is 2.88. The van der Waals surface area contributed by atoms with Crippen LogP contribution >= 0.6 is 15.9 Å². The fourth-order valence-corrected chi connectivity index (χ4v) is 4.76. The maximum Gasteiger partial charge on any atom is 0.337 e. The smallest absolute Gasteiger partial charge is 0.337 e. The van der Waals surface area contributed by atoms with Gasteiger partial charge in [0, 0.05) is 36.4 Å².